The number of hydrogen-bond acceptors (Lipinski definition) is 3. The lowest BCUT2D eigenvalue weighted by atomic mass is 10.2. The second-order valence-electron chi connectivity index (χ2n) is 4.28. The fourth-order valence-electron chi connectivity index (χ4n) is 1.80. The first-order valence-corrected chi connectivity index (χ1v) is 5.82. The van der Waals surface area contributed by atoms with E-state index in [1.807, 2.05) is 0 Å². The second kappa shape index (κ2) is 5.64. The van der Waals surface area contributed by atoms with Crippen LogP contribution in [-0.4, -0.2) is 23.1 Å². The maximum Gasteiger partial charge on any atom is 0.338 e. The third-order valence-electron chi connectivity index (χ3n) is 2.80. The third-order valence-corrected chi connectivity index (χ3v) is 2.80. The van der Waals surface area contributed by atoms with Crippen molar-refractivity contribution in [3.8, 4) is 0 Å². The Kier molecular flexibility index (Phi) is 3.93. The topological polar surface area (TPSA) is 53.4 Å². The Morgan fingerprint density at radius 2 is 1.90 bits per heavy atom. The van der Waals surface area contributed by atoms with E-state index in [4.69, 9.17) is 5.11 Å². The minimum absolute atomic E-state index is 0.0609. The summed E-state index contributed by atoms with van der Waals surface area (Å²) < 4.78 is 26.8. The molecule has 0 radical (unpaired) electrons. The highest BCUT2D eigenvalue weighted by Crippen LogP contribution is 2.20. The number of nitrogens with zero attached hydrogens (tertiary/aromatic N) is 2. The van der Waals surface area contributed by atoms with Crippen LogP contribution >= 0.6 is 0 Å². The molecule has 1 heterocycles. The lowest BCUT2D eigenvalue weighted by Gasteiger charge is -2.19. The van der Waals surface area contributed by atoms with E-state index in [-0.39, 0.29) is 18.2 Å². The molecule has 0 aliphatic rings. The van der Waals surface area contributed by atoms with Crippen LogP contribution in [0.4, 0.5) is 14.6 Å². The van der Waals surface area contributed by atoms with Crippen molar-refractivity contribution in [3.05, 3.63) is 59.3 Å². The first-order chi connectivity index (χ1) is 9.49. The monoisotopic (exact) mass is 278 g/mol. The number of anilines is 1. The zero-order chi connectivity index (χ0) is 14.7. The second-order valence-corrected chi connectivity index (χ2v) is 4.28. The van der Waals surface area contributed by atoms with Crippen molar-refractivity contribution in [3.63, 3.8) is 0 Å². The molecule has 0 amide bonds. The van der Waals surface area contributed by atoms with Crippen LogP contribution in [0.5, 0.6) is 0 Å². The van der Waals surface area contributed by atoms with Gasteiger partial charge in [0.1, 0.15) is 11.4 Å². The molecule has 0 aliphatic carbocycles. The highest BCUT2D eigenvalue weighted by molar-refractivity contribution is 5.88. The van der Waals surface area contributed by atoms with Crippen molar-refractivity contribution in [1.29, 1.82) is 0 Å². The average molecular weight is 278 g/mol. The first-order valence-electron chi connectivity index (χ1n) is 5.82. The highest BCUT2D eigenvalue weighted by atomic mass is 19.1. The molecule has 0 fully saturated rings. The molecule has 0 unspecified atom stereocenters. The lowest BCUT2D eigenvalue weighted by Crippen LogP contribution is -2.20. The van der Waals surface area contributed by atoms with Crippen molar-refractivity contribution >= 4 is 11.8 Å². The van der Waals surface area contributed by atoms with Gasteiger partial charge in [-0.2, -0.15) is 0 Å². The van der Waals surface area contributed by atoms with E-state index in [1.165, 1.54) is 23.2 Å². The van der Waals surface area contributed by atoms with Gasteiger partial charge in [0, 0.05) is 19.8 Å². The minimum Gasteiger partial charge on any atom is -0.478 e. The molecule has 20 heavy (non-hydrogen) atoms. The molecule has 0 saturated heterocycles. The summed E-state index contributed by atoms with van der Waals surface area (Å²) in [6.45, 7) is 0.285. The quantitative estimate of drug-likeness (QED) is 0.934. The lowest BCUT2D eigenvalue weighted by molar-refractivity contribution is 0.0692. The zero-order valence-corrected chi connectivity index (χ0v) is 10.7. The standard InChI is InChI=1S/C14H12F2N2O2/c1-18(8-9-2-4-10(15)5-3-9)13-12(16)11(14(19)20)6-7-17-13/h2-7H,8H2,1H3,(H,19,20). The van der Waals surface area contributed by atoms with E-state index in [0.717, 1.165) is 11.6 Å². The summed E-state index contributed by atoms with van der Waals surface area (Å²) in [5.74, 6) is -2.64. The van der Waals surface area contributed by atoms with E-state index in [1.54, 1.807) is 19.2 Å². The number of aromatic nitrogens is 1. The molecule has 0 bridgehead atoms. The molecule has 1 aromatic carbocycles. The number of halogens is 2. The highest BCUT2D eigenvalue weighted by Gasteiger charge is 2.17. The summed E-state index contributed by atoms with van der Waals surface area (Å²) in [6, 6.07) is 6.86. The van der Waals surface area contributed by atoms with Gasteiger partial charge in [-0.1, -0.05) is 12.1 Å². The molecule has 4 nitrogen and oxygen atoms in total. The fourth-order valence-corrected chi connectivity index (χ4v) is 1.80. The van der Waals surface area contributed by atoms with Gasteiger partial charge in [0.2, 0.25) is 0 Å². The normalized spacial score (nSPS) is 10.3. The Labute approximate surface area is 114 Å². The zero-order valence-electron chi connectivity index (χ0n) is 10.7. The number of pyridine rings is 1. The Balaban J connectivity index is 2.25. The summed E-state index contributed by atoms with van der Waals surface area (Å²) in [5.41, 5.74) is 0.330. The van der Waals surface area contributed by atoms with E-state index < -0.39 is 17.3 Å². The molecule has 104 valence electrons. The molecule has 1 aromatic heterocycles. The predicted octanol–water partition coefficient (Wildman–Crippen LogP) is 2.69. The van der Waals surface area contributed by atoms with Crippen LogP contribution in [0.2, 0.25) is 0 Å². The Morgan fingerprint density at radius 1 is 1.25 bits per heavy atom. The van der Waals surface area contributed by atoms with Gasteiger partial charge < -0.3 is 10.0 Å². The molecule has 0 saturated carbocycles. The number of rotatable bonds is 4. The number of carbonyl (C=O) groups is 1. The van der Waals surface area contributed by atoms with E-state index in [0.29, 0.717) is 0 Å². The summed E-state index contributed by atoms with van der Waals surface area (Å²) in [4.78, 5) is 16.2. The molecule has 6 heteroatoms. The van der Waals surface area contributed by atoms with Gasteiger partial charge in [-0.05, 0) is 23.8 Å². The Morgan fingerprint density at radius 3 is 2.50 bits per heavy atom. The van der Waals surface area contributed by atoms with Crippen LogP contribution in [0.3, 0.4) is 0 Å². The summed E-state index contributed by atoms with van der Waals surface area (Å²) >= 11 is 0. The SMILES string of the molecule is CN(Cc1ccc(F)cc1)c1nccc(C(=O)O)c1F. The smallest absolute Gasteiger partial charge is 0.338 e. The maximum absolute atomic E-state index is 14.0. The van der Waals surface area contributed by atoms with Gasteiger partial charge in [0.25, 0.3) is 0 Å². The third kappa shape index (κ3) is 2.90. The predicted molar refractivity (Wildman–Crippen MR) is 69.7 cm³/mol. The average Bonchev–Trinajstić information content (AvgIpc) is 2.41. The van der Waals surface area contributed by atoms with Crippen LogP contribution in [-0.2, 0) is 6.54 Å². The largest absolute Gasteiger partial charge is 0.478 e. The minimum atomic E-state index is -1.35. The number of carboxylic acids is 1. The molecular weight excluding hydrogens is 266 g/mol. The van der Waals surface area contributed by atoms with Crippen LogP contribution in [0, 0.1) is 11.6 Å². The number of hydrogen-bond donors (Lipinski definition) is 1. The van der Waals surface area contributed by atoms with Gasteiger partial charge >= 0.3 is 5.97 Å². The van der Waals surface area contributed by atoms with Gasteiger partial charge in [-0.25, -0.2) is 18.6 Å². The number of benzene rings is 1. The molecule has 0 aliphatic heterocycles. The van der Waals surface area contributed by atoms with Crippen LogP contribution in [0.15, 0.2) is 36.5 Å². The molecular formula is C14H12F2N2O2. The van der Waals surface area contributed by atoms with Crippen LogP contribution < -0.4 is 4.90 Å². The first kappa shape index (κ1) is 13.9. The van der Waals surface area contributed by atoms with Crippen molar-refractivity contribution in [2.24, 2.45) is 0 Å². The van der Waals surface area contributed by atoms with Gasteiger partial charge in [-0.15, -0.1) is 0 Å². The molecule has 1 N–H and O–H groups in total. The molecule has 0 atom stereocenters. The van der Waals surface area contributed by atoms with Crippen molar-refractivity contribution in [2.75, 3.05) is 11.9 Å². The molecule has 0 spiro atoms. The van der Waals surface area contributed by atoms with E-state index in [2.05, 4.69) is 4.98 Å². The number of aromatic carboxylic acids is 1. The molecule has 2 aromatic rings. The van der Waals surface area contributed by atoms with Gasteiger partial charge in [0.05, 0.1) is 0 Å². The van der Waals surface area contributed by atoms with Crippen LogP contribution in [0.1, 0.15) is 15.9 Å². The van der Waals surface area contributed by atoms with Crippen LogP contribution in [0.25, 0.3) is 0 Å². The summed E-state index contributed by atoms with van der Waals surface area (Å²) in [6.07, 6.45) is 1.24. The maximum atomic E-state index is 14.0. The molecule has 2 rings (SSSR count). The van der Waals surface area contributed by atoms with E-state index >= 15 is 0 Å². The van der Waals surface area contributed by atoms with Gasteiger partial charge in [0.15, 0.2) is 11.6 Å². The Hall–Kier alpha value is -2.50. The fraction of sp³-hybridized carbons (Fsp3) is 0.143. The van der Waals surface area contributed by atoms with E-state index in [9.17, 15) is 13.6 Å². The van der Waals surface area contributed by atoms with Crippen molar-refractivity contribution in [1.82, 2.24) is 4.98 Å². The van der Waals surface area contributed by atoms with Crippen molar-refractivity contribution in [2.45, 2.75) is 6.54 Å². The number of carboxylic acid groups (broad SMARTS) is 1. The van der Waals surface area contributed by atoms with Crippen molar-refractivity contribution < 1.29 is 18.7 Å². The summed E-state index contributed by atoms with van der Waals surface area (Å²) in [5, 5.41) is 8.86. The summed E-state index contributed by atoms with van der Waals surface area (Å²) in [7, 11) is 1.58. The Bertz CT molecular complexity index is 630. The van der Waals surface area contributed by atoms with Gasteiger partial charge in [-0.3, -0.25) is 0 Å².